The van der Waals surface area contributed by atoms with E-state index in [1.807, 2.05) is 11.8 Å². The summed E-state index contributed by atoms with van der Waals surface area (Å²) < 4.78 is 0. The van der Waals surface area contributed by atoms with E-state index in [-0.39, 0.29) is 24.4 Å². The average molecular weight is 278 g/mol. The summed E-state index contributed by atoms with van der Waals surface area (Å²) in [6.07, 6.45) is 10.5. The van der Waals surface area contributed by atoms with Crippen LogP contribution in [-0.2, 0) is 9.59 Å². The first-order valence-corrected chi connectivity index (χ1v) is 8.23. The topological polar surface area (TPSA) is 49.4 Å². The summed E-state index contributed by atoms with van der Waals surface area (Å²) in [6.45, 7) is 2.20. The molecule has 20 heavy (non-hydrogen) atoms. The van der Waals surface area contributed by atoms with Crippen molar-refractivity contribution < 1.29 is 9.59 Å². The third kappa shape index (κ3) is 2.57. The lowest BCUT2D eigenvalue weighted by molar-refractivity contribution is -0.153. The van der Waals surface area contributed by atoms with Crippen LogP contribution in [0.2, 0.25) is 0 Å². The van der Waals surface area contributed by atoms with Crippen molar-refractivity contribution in [2.75, 3.05) is 6.54 Å². The molecule has 4 heteroatoms. The zero-order valence-corrected chi connectivity index (χ0v) is 12.5. The minimum absolute atomic E-state index is 0.0288. The van der Waals surface area contributed by atoms with E-state index in [1.54, 1.807) is 0 Å². The molecule has 0 aromatic heterocycles. The average Bonchev–Trinajstić information content (AvgIpc) is 3.18. The third-order valence-electron chi connectivity index (χ3n) is 5.33. The van der Waals surface area contributed by atoms with E-state index >= 15 is 0 Å². The Balaban J connectivity index is 1.76. The van der Waals surface area contributed by atoms with E-state index in [2.05, 4.69) is 5.32 Å². The monoisotopic (exact) mass is 278 g/mol. The van der Waals surface area contributed by atoms with E-state index < -0.39 is 5.54 Å². The van der Waals surface area contributed by atoms with Crippen LogP contribution in [0.25, 0.3) is 0 Å². The maximum Gasteiger partial charge on any atom is 0.249 e. The SMILES string of the molecule is CC1(C2CC2)NC(=O)CN(C2CCCCCCC2)C1=O. The Labute approximate surface area is 121 Å². The molecule has 1 heterocycles. The molecule has 2 saturated carbocycles. The van der Waals surface area contributed by atoms with Crippen molar-refractivity contribution in [3.63, 3.8) is 0 Å². The molecule has 1 atom stereocenters. The Morgan fingerprint density at radius 2 is 1.60 bits per heavy atom. The van der Waals surface area contributed by atoms with Gasteiger partial charge in [-0.15, -0.1) is 0 Å². The number of carbonyl (C=O) groups excluding carboxylic acids is 2. The standard InChI is InChI=1S/C16H26N2O2/c1-16(12-9-10-12)15(20)18(11-14(19)17-16)13-7-5-3-2-4-6-8-13/h12-13H,2-11H2,1H3,(H,17,19). The van der Waals surface area contributed by atoms with Crippen LogP contribution in [0.5, 0.6) is 0 Å². The molecule has 1 unspecified atom stereocenters. The molecule has 3 fully saturated rings. The fourth-order valence-corrected chi connectivity index (χ4v) is 3.89. The summed E-state index contributed by atoms with van der Waals surface area (Å²) in [7, 11) is 0. The molecule has 3 rings (SSSR count). The fourth-order valence-electron chi connectivity index (χ4n) is 3.89. The number of hydrogen-bond acceptors (Lipinski definition) is 2. The van der Waals surface area contributed by atoms with E-state index in [1.165, 1.54) is 32.1 Å². The number of nitrogens with zero attached hydrogens (tertiary/aromatic N) is 1. The summed E-state index contributed by atoms with van der Waals surface area (Å²) in [4.78, 5) is 26.8. The molecule has 0 bridgehead atoms. The molecule has 1 N–H and O–H groups in total. The highest BCUT2D eigenvalue weighted by Crippen LogP contribution is 2.42. The van der Waals surface area contributed by atoms with Crippen molar-refractivity contribution in [2.24, 2.45) is 5.92 Å². The summed E-state index contributed by atoms with van der Waals surface area (Å²) in [6, 6.07) is 0.284. The van der Waals surface area contributed by atoms with E-state index in [4.69, 9.17) is 0 Å². The van der Waals surface area contributed by atoms with Gasteiger partial charge in [0, 0.05) is 6.04 Å². The van der Waals surface area contributed by atoms with E-state index in [0.717, 1.165) is 25.7 Å². The van der Waals surface area contributed by atoms with Gasteiger partial charge in [0.05, 0.1) is 6.54 Å². The summed E-state index contributed by atoms with van der Waals surface area (Å²) in [5.41, 5.74) is -0.627. The van der Waals surface area contributed by atoms with Gasteiger partial charge < -0.3 is 10.2 Å². The van der Waals surface area contributed by atoms with Crippen LogP contribution in [0.4, 0.5) is 0 Å². The van der Waals surface area contributed by atoms with Crippen LogP contribution in [0.15, 0.2) is 0 Å². The molecule has 2 amide bonds. The zero-order valence-electron chi connectivity index (χ0n) is 12.5. The van der Waals surface area contributed by atoms with Crippen molar-refractivity contribution in [1.29, 1.82) is 0 Å². The number of hydrogen-bond donors (Lipinski definition) is 1. The lowest BCUT2D eigenvalue weighted by atomic mass is 9.88. The molecule has 0 aromatic carbocycles. The number of rotatable bonds is 2. The first-order valence-electron chi connectivity index (χ1n) is 8.23. The highest BCUT2D eigenvalue weighted by molar-refractivity contribution is 5.98. The van der Waals surface area contributed by atoms with Gasteiger partial charge in [-0.2, -0.15) is 0 Å². The quantitative estimate of drug-likeness (QED) is 0.842. The zero-order chi connectivity index (χ0) is 14.2. The predicted molar refractivity (Wildman–Crippen MR) is 77.1 cm³/mol. The van der Waals surface area contributed by atoms with Gasteiger partial charge in [-0.1, -0.05) is 32.1 Å². The number of nitrogens with one attached hydrogen (secondary N) is 1. The first kappa shape index (κ1) is 13.9. The molecule has 4 nitrogen and oxygen atoms in total. The Kier molecular flexibility index (Phi) is 3.74. The van der Waals surface area contributed by atoms with Crippen LogP contribution in [0.3, 0.4) is 0 Å². The molecule has 0 aromatic rings. The second-order valence-corrected chi connectivity index (χ2v) is 6.96. The molecule has 2 aliphatic carbocycles. The Morgan fingerprint density at radius 1 is 1.00 bits per heavy atom. The van der Waals surface area contributed by atoms with Gasteiger partial charge in [0.1, 0.15) is 5.54 Å². The molecule has 1 saturated heterocycles. The van der Waals surface area contributed by atoms with Crippen LogP contribution >= 0.6 is 0 Å². The van der Waals surface area contributed by atoms with Gasteiger partial charge in [0.25, 0.3) is 0 Å². The van der Waals surface area contributed by atoms with Gasteiger partial charge in [-0.05, 0) is 38.5 Å². The van der Waals surface area contributed by atoms with Crippen molar-refractivity contribution in [2.45, 2.75) is 76.3 Å². The van der Waals surface area contributed by atoms with Crippen LogP contribution in [0.1, 0.15) is 64.7 Å². The molecule has 0 radical (unpaired) electrons. The molecule has 112 valence electrons. The Bertz CT molecular complexity index is 397. The normalized spacial score (nSPS) is 33.5. The second-order valence-electron chi connectivity index (χ2n) is 6.96. The molecular formula is C16H26N2O2. The highest BCUT2D eigenvalue weighted by atomic mass is 16.2. The predicted octanol–water partition coefficient (Wildman–Crippen LogP) is 2.23. The van der Waals surface area contributed by atoms with Crippen molar-refractivity contribution >= 4 is 11.8 Å². The first-order chi connectivity index (χ1) is 9.61. The van der Waals surface area contributed by atoms with Crippen molar-refractivity contribution in [1.82, 2.24) is 10.2 Å². The van der Waals surface area contributed by atoms with Crippen molar-refractivity contribution in [3.05, 3.63) is 0 Å². The van der Waals surface area contributed by atoms with Gasteiger partial charge >= 0.3 is 0 Å². The lowest BCUT2D eigenvalue weighted by Crippen LogP contribution is -2.68. The molecule has 3 aliphatic rings. The number of carbonyl (C=O) groups is 2. The minimum atomic E-state index is -0.627. The van der Waals surface area contributed by atoms with Crippen LogP contribution in [0, 0.1) is 5.92 Å². The molecule has 0 spiro atoms. The number of amides is 2. The second kappa shape index (κ2) is 5.38. The van der Waals surface area contributed by atoms with E-state index in [9.17, 15) is 9.59 Å². The Morgan fingerprint density at radius 3 is 2.20 bits per heavy atom. The van der Waals surface area contributed by atoms with Crippen LogP contribution < -0.4 is 5.32 Å². The third-order valence-corrected chi connectivity index (χ3v) is 5.33. The maximum atomic E-state index is 12.9. The highest BCUT2D eigenvalue weighted by Gasteiger charge is 2.53. The van der Waals surface area contributed by atoms with Gasteiger partial charge in [0.2, 0.25) is 11.8 Å². The summed E-state index contributed by atoms with van der Waals surface area (Å²) >= 11 is 0. The smallest absolute Gasteiger partial charge is 0.249 e. The summed E-state index contributed by atoms with van der Waals surface area (Å²) in [5, 5.41) is 2.97. The van der Waals surface area contributed by atoms with Crippen molar-refractivity contribution in [3.8, 4) is 0 Å². The van der Waals surface area contributed by atoms with Gasteiger partial charge in [-0.25, -0.2) is 0 Å². The molecule has 1 aliphatic heterocycles. The minimum Gasteiger partial charge on any atom is -0.340 e. The largest absolute Gasteiger partial charge is 0.340 e. The van der Waals surface area contributed by atoms with Gasteiger partial charge in [-0.3, -0.25) is 9.59 Å². The summed E-state index contributed by atoms with van der Waals surface area (Å²) in [5.74, 6) is 0.557. The Hall–Kier alpha value is -1.06. The maximum absolute atomic E-state index is 12.9. The number of piperazine rings is 1. The van der Waals surface area contributed by atoms with E-state index in [0.29, 0.717) is 5.92 Å². The van der Waals surface area contributed by atoms with Crippen LogP contribution in [-0.4, -0.2) is 34.8 Å². The molecular weight excluding hydrogens is 252 g/mol. The lowest BCUT2D eigenvalue weighted by Gasteiger charge is -2.44. The van der Waals surface area contributed by atoms with Gasteiger partial charge in [0.15, 0.2) is 0 Å². The fraction of sp³-hybridized carbons (Fsp3) is 0.875.